The van der Waals surface area contributed by atoms with Gasteiger partial charge in [-0.1, -0.05) is 55.1 Å². The summed E-state index contributed by atoms with van der Waals surface area (Å²) in [6, 6.07) is 13.4. The zero-order valence-electron chi connectivity index (χ0n) is 13.8. The van der Waals surface area contributed by atoms with Crippen LogP contribution in [0.3, 0.4) is 0 Å². The molecular weight excluding hydrogens is 334 g/mol. The van der Waals surface area contributed by atoms with E-state index in [1.807, 2.05) is 36.4 Å². The Morgan fingerprint density at radius 2 is 1.38 bits per heavy atom. The Balaban J connectivity index is 0.000000190. The van der Waals surface area contributed by atoms with Crippen molar-refractivity contribution in [2.24, 2.45) is 5.73 Å². The van der Waals surface area contributed by atoms with Crippen molar-refractivity contribution < 1.29 is 24.6 Å². The van der Waals surface area contributed by atoms with E-state index in [0.717, 1.165) is 11.1 Å². The van der Waals surface area contributed by atoms with Crippen LogP contribution < -0.4 is 5.73 Å². The molecule has 0 saturated carbocycles. The number of carbonyl (C=O) groups excluding carboxylic acids is 1. The lowest BCUT2D eigenvalue weighted by Gasteiger charge is -2.10. The maximum Gasteiger partial charge on any atom is 0.336 e. The molecule has 1 aliphatic rings. The first-order valence-electron chi connectivity index (χ1n) is 7.64. The van der Waals surface area contributed by atoms with Gasteiger partial charge >= 0.3 is 11.9 Å². The minimum Gasteiger partial charge on any atom is -0.478 e. The number of amides is 1. The average molecular weight is 351 g/mol. The largest absolute Gasteiger partial charge is 0.478 e. The number of hydrogen-bond donors (Lipinski definition) is 3. The van der Waals surface area contributed by atoms with Crippen molar-refractivity contribution in [3.8, 4) is 0 Å². The maximum atomic E-state index is 11.0. The summed E-state index contributed by atoms with van der Waals surface area (Å²) >= 11 is 0. The lowest BCUT2D eigenvalue weighted by molar-refractivity contribution is -0.114. The summed E-state index contributed by atoms with van der Waals surface area (Å²) in [6.45, 7) is 3.71. The zero-order chi connectivity index (χ0) is 19.3. The Kier molecular flexibility index (Phi) is 5.70. The molecule has 2 aromatic carbocycles. The fourth-order valence-electron chi connectivity index (χ4n) is 2.56. The summed E-state index contributed by atoms with van der Waals surface area (Å²) in [6.07, 6.45) is 3.95. The van der Waals surface area contributed by atoms with E-state index in [4.69, 9.17) is 15.9 Å². The average Bonchev–Trinajstić information content (AvgIpc) is 3.05. The topological polar surface area (TPSA) is 118 Å². The van der Waals surface area contributed by atoms with Crippen LogP contribution in [0, 0.1) is 0 Å². The normalized spacial score (nSPS) is 13.9. The second-order valence-electron chi connectivity index (χ2n) is 5.51. The molecule has 1 unspecified atom stereocenters. The standard InChI is InChI=1S/C12H11NO.C8H6O4/c1-8(12(13)14)10-7-6-9-4-2-3-5-11(9)10;9-7(10)5-3-1-2-4-6(5)8(11)12/h2-7,10H,1H2,(H2,13,14);1-4H,(H,9,10)(H,11,12). The smallest absolute Gasteiger partial charge is 0.336 e. The van der Waals surface area contributed by atoms with Crippen molar-refractivity contribution in [3.05, 3.63) is 89.0 Å². The molecule has 1 aliphatic carbocycles. The molecule has 4 N–H and O–H groups in total. The highest BCUT2D eigenvalue weighted by atomic mass is 16.4. The van der Waals surface area contributed by atoms with Crippen LogP contribution in [0.1, 0.15) is 37.8 Å². The van der Waals surface area contributed by atoms with E-state index < -0.39 is 17.8 Å². The number of hydrogen-bond acceptors (Lipinski definition) is 3. The van der Waals surface area contributed by atoms with Crippen LogP contribution in [0.15, 0.2) is 66.8 Å². The predicted molar refractivity (Wildman–Crippen MR) is 96.9 cm³/mol. The quantitative estimate of drug-likeness (QED) is 0.732. The van der Waals surface area contributed by atoms with Crippen molar-refractivity contribution >= 4 is 23.9 Å². The molecule has 0 fully saturated rings. The molecule has 0 spiro atoms. The van der Waals surface area contributed by atoms with Gasteiger partial charge in [0, 0.05) is 11.5 Å². The summed E-state index contributed by atoms with van der Waals surface area (Å²) in [5, 5.41) is 17.1. The molecular formula is C20H17NO5. The van der Waals surface area contributed by atoms with Gasteiger partial charge in [0.05, 0.1) is 11.1 Å². The van der Waals surface area contributed by atoms with E-state index in [9.17, 15) is 14.4 Å². The monoisotopic (exact) mass is 351 g/mol. The van der Waals surface area contributed by atoms with Gasteiger partial charge in [0.15, 0.2) is 0 Å². The first kappa shape index (κ1) is 18.7. The van der Waals surface area contributed by atoms with E-state index in [1.54, 1.807) is 0 Å². The second kappa shape index (κ2) is 7.94. The van der Waals surface area contributed by atoms with E-state index in [-0.39, 0.29) is 17.0 Å². The number of nitrogens with two attached hydrogens (primary N) is 1. The van der Waals surface area contributed by atoms with Crippen LogP contribution in [0.4, 0.5) is 0 Å². The van der Waals surface area contributed by atoms with Gasteiger partial charge in [0.25, 0.3) is 0 Å². The Labute approximate surface area is 149 Å². The fraction of sp³-hybridized carbons (Fsp3) is 0.0500. The molecule has 26 heavy (non-hydrogen) atoms. The lowest BCUT2D eigenvalue weighted by atomic mass is 9.94. The number of carbonyl (C=O) groups is 3. The van der Waals surface area contributed by atoms with Crippen LogP contribution in [0.2, 0.25) is 0 Å². The fourth-order valence-corrected chi connectivity index (χ4v) is 2.56. The molecule has 2 aromatic rings. The van der Waals surface area contributed by atoms with Gasteiger partial charge < -0.3 is 15.9 Å². The molecule has 132 valence electrons. The number of carboxylic acid groups (broad SMARTS) is 2. The van der Waals surface area contributed by atoms with Gasteiger partial charge in [0.1, 0.15) is 0 Å². The highest BCUT2D eigenvalue weighted by Crippen LogP contribution is 2.34. The Hall–Kier alpha value is -3.67. The number of benzene rings is 2. The minimum absolute atomic E-state index is 0.0382. The van der Waals surface area contributed by atoms with Gasteiger partial charge in [-0.15, -0.1) is 0 Å². The third-order valence-corrected chi connectivity index (χ3v) is 3.88. The summed E-state index contributed by atoms with van der Waals surface area (Å²) in [5.74, 6) is -2.93. The maximum absolute atomic E-state index is 11.0. The molecule has 1 atom stereocenters. The Bertz CT molecular complexity index is 881. The minimum atomic E-state index is -1.23. The number of carboxylic acids is 2. The van der Waals surface area contributed by atoms with Crippen LogP contribution >= 0.6 is 0 Å². The van der Waals surface area contributed by atoms with Gasteiger partial charge in [-0.05, 0) is 23.3 Å². The summed E-state index contributed by atoms with van der Waals surface area (Å²) in [7, 11) is 0. The van der Waals surface area contributed by atoms with Gasteiger partial charge in [-0.3, -0.25) is 4.79 Å². The lowest BCUT2D eigenvalue weighted by Crippen LogP contribution is -2.17. The van der Waals surface area contributed by atoms with Crippen LogP contribution in [-0.4, -0.2) is 28.1 Å². The summed E-state index contributed by atoms with van der Waals surface area (Å²) < 4.78 is 0. The van der Waals surface area contributed by atoms with Crippen molar-refractivity contribution in [2.75, 3.05) is 0 Å². The first-order valence-corrected chi connectivity index (χ1v) is 7.64. The van der Waals surface area contributed by atoms with Crippen molar-refractivity contribution in [3.63, 3.8) is 0 Å². The Morgan fingerprint density at radius 3 is 1.88 bits per heavy atom. The molecule has 0 radical (unpaired) electrons. The SMILES string of the molecule is C=C(C(N)=O)C1C=Cc2ccccc21.O=C(O)c1ccccc1C(=O)O. The molecule has 0 aliphatic heterocycles. The van der Waals surface area contributed by atoms with Gasteiger partial charge in [-0.2, -0.15) is 0 Å². The van der Waals surface area contributed by atoms with Crippen molar-refractivity contribution in [2.45, 2.75) is 5.92 Å². The number of primary amides is 1. The van der Waals surface area contributed by atoms with Crippen molar-refractivity contribution in [1.29, 1.82) is 0 Å². The van der Waals surface area contributed by atoms with Gasteiger partial charge in [-0.25, -0.2) is 9.59 Å². The first-order chi connectivity index (χ1) is 12.3. The van der Waals surface area contributed by atoms with Gasteiger partial charge in [0.2, 0.25) is 5.91 Å². The van der Waals surface area contributed by atoms with Crippen LogP contribution in [-0.2, 0) is 4.79 Å². The summed E-state index contributed by atoms with van der Waals surface area (Å²) in [4.78, 5) is 31.9. The van der Waals surface area contributed by atoms with E-state index >= 15 is 0 Å². The highest BCUT2D eigenvalue weighted by molar-refractivity contribution is 6.01. The highest BCUT2D eigenvalue weighted by Gasteiger charge is 2.21. The molecule has 0 aromatic heterocycles. The third kappa shape index (κ3) is 4.05. The molecule has 1 amide bonds. The Morgan fingerprint density at radius 1 is 0.885 bits per heavy atom. The van der Waals surface area contributed by atoms with E-state index in [2.05, 4.69) is 6.58 Å². The number of aromatic carboxylic acids is 2. The molecule has 6 nitrogen and oxygen atoms in total. The third-order valence-electron chi connectivity index (χ3n) is 3.88. The second-order valence-corrected chi connectivity index (χ2v) is 5.51. The van der Waals surface area contributed by atoms with E-state index in [0.29, 0.717) is 5.57 Å². The van der Waals surface area contributed by atoms with E-state index in [1.165, 1.54) is 24.3 Å². The number of rotatable bonds is 4. The number of allylic oxidation sites excluding steroid dienone is 1. The van der Waals surface area contributed by atoms with Crippen LogP contribution in [0.5, 0.6) is 0 Å². The molecule has 6 heteroatoms. The zero-order valence-corrected chi connectivity index (χ0v) is 13.8. The molecule has 0 heterocycles. The molecule has 3 rings (SSSR count). The molecule has 0 bridgehead atoms. The molecule has 0 saturated heterocycles. The van der Waals surface area contributed by atoms with Crippen molar-refractivity contribution in [1.82, 2.24) is 0 Å². The summed E-state index contributed by atoms with van der Waals surface area (Å²) in [5.41, 5.74) is 7.52. The van der Waals surface area contributed by atoms with Crippen LogP contribution in [0.25, 0.3) is 6.08 Å². The number of fused-ring (bicyclic) bond motifs is 1. The predicted octanol–water partition coefficient (Wildman–Crippen LogP) is 2.92.